The second-order valence-electron chi connectivity index (χ2n) is 0.707. The minimum atomic E-state index is 0. The van der Waals surface area contributed by atoms with Crippen LogP contribution >= 0.6 is 24.8 Å². The van der Waals surface area contributed by atoms with E-state index in [0.29, 0.717) is 0 Å². The van der Waals surface area contributed by atoms with Gasteiger partial charge in [0.25, 0.3) is 0 Å². The largest absolute Gasteiger partial charge is 2.00 e. The van der Waals surface area contributed by atoms with E-state index in [2.05, 4.69) is 13.8 Å². The maximum atomic E-state index is 2.12. The van der Waals surface area contributed by atoms with E-state index in [1.165, 1.54) is 6.42 Å². The zero-order valence-corrected chi connectivity index (χ0v) is 7.28. The summed E-state index contributed by atoms with van der Waals surface area (Å²) in [5.74, 6) is 0. The molecule has 0 saturated carbocycles. The fourth-order valence-electron chi connectivity index (χ4n) is 0. The van der Waals surface area contributed by atoms with Crippen molar-refractivity contribution in [1.82, 2.24) is 0 Å². The van der Waals surface area contributed by atoms with Gasteiger partial charge in [0.05, 0.1) is 0 Å². The fraction of sp³-hybridized carbons (Fsp3) is 1.00. The fourth-order valence-corrected chi connectivity index (χ4v) is 0. The minimum absolute atomic E-state index is 0. The van der Waals surface area contributed by atoms with Gasteiger partial charge in [0, 0.05) is 0 Å². The van der Waals surface area contributed by atoms with Gasteiger partial charge in [0.1, 0.15) is 0 Å². The Morgan fingerprint density at radius 3 is 1.17 bits per heavy atom. The van der Waals surface area contributed by atoms with Crippen molar-refractivity contribution >= 4 is 47.9 Å². The van der Waals surface area contributed by atoms with Gasteiger partial charge in [0.15, 0.2) is 0 Å². The van der Waals surface area contributed by atoms with Crippen molar-refractivity contribution < 1.29 is 2.85 Å². The van der Waals surface area contributed by atoms with Gasteiger partial charge >= 0.3 is 23.1 Å². The molecule has 0 spiro atoms. The van der Waals surface area contributed by atoms with E-state index in [9.17, 15) is 0 Å². The van der Waals surface area contributed by atoms with Crippen molar-refractivity contribution in [3.63, 3.8) is 0 Å². The van der Waals surface area contributed by atoms with E-state index in [1.54, 1.807) is 0 Å². The summed E-state index contributed by atoms with van der Waals surface area (Å²) in [4.78, 5) is 0. The van der Waals surface area contributed by atoms with Crippen molar-refractivity contribution in [2.75, 3.05) is 0 Å². The van der Waals surface area contributed by atoms with Crippen LogP contribution in [0.3, 0.4) is 0 Å². The first kappa shape index (κ1) is 26.4. The molecule has 0 aromatic rings. The summed E-state index contributed by atoms with van der Waals surface area (Å²) in [6, 6.07) is 0. The number of halogens is 2. The van der Waals surface area contributed by atoms with Crippen molar-refractivity contribution in [3.05, 3.63) is 0 Å². The molecule has 0 bridgehead atoms. The predicted molar refractivity (Wildman–Crippen MR) is 38.4 cm³/mol. The molecule has 0 saturated heterocycles. The molecule has 0 N–H and O–H groups in total. The average Bonchev–Trinajstić information content (AvgIpc) is 0.918. The molecule has 0 aromatic heterocycles. The number of rotatable bonds is 0. The molecule has 0 radical (unpaired) electrons. The SMILES string of the molecule is CCC.Cl.Cl.[H-].[H-].[Mg+2]. The number of hydrogen-bond donors (Lipinski definition) is 0. The van der Waals surface area contributed by atoms with Crippen LogP contribution in [0.1, 0.15) is 23.1 Å². The average molecular weight is 143 g/mol. The van der Waals surface area contributed by atoms with E-state index >= 15 is 0 Å². The molecule has 0 amide bonds. The van der Waals surface area contributed by atoms with Gasteiger partial charge < -0.3 is 2.85 Å². The Hall–Kier alpha value is 1.35. The van der Waals surface area contributed by atoms with Gasteiger partial charge in [-0.2, -0.15) is 0 Å². The van der Waals surface area contributed by atoms with Crippen molar-refractivity contribution in [2.24, 2.45) is 0 Å². The summed E-state index contributed by atoms with van der Waals surface area (Å²) >= 11 is 0. The molecule has 0 atom stereocenters. The first-order valence-electron chi connectivity index (χ1n) is 1.41. The van der Waals surface area contributed by atoms with Crippen molar-refractivity contribution in [2.45, 2.75) is 20.3 Å². The Labute approximate surface area is 71.0 Å². The van der Waals surface area contributed by atoms with Crippen LogP contribution in [-0.4, -0.2) is 23.1 Å². The van der Waals surface area contributed by atoms with E-state index in [4.69, 9.17) is 0 Å². The summed E-state index contributed by atoms with van der Waals surface area (Å²) in [6.07, 6.45) is 1.25. The van der Waals surface area contributed by atoms with E-state index in [-0.39, 0.29) is 50.7 Å². The molecule has 3 heteroatoms. The molecule has 0 nitrogen and oxygen atoms in total. The Bertz CT molecular complexity index is 15.2. The monoisotopic (exact) mass is 142 g/mol. The van der Waals surface area contributed by atoms with E-state index < -0.39 is 0 Å². The first-order valence-corrected chi connectivity index (χ1v) is 1.41. The van der Waals surface area contributed by atoms with Crippen LogP contribution in [0.5, 0.6) is 0 Å². The molecule has 0 aliphatic carbocycles. The molecular formula is C3H12Cl2Mg. The maximum Gasteiger partial charge on any atom is 2.00 e. The third-order valence-electron chi connectivity index (χ3n) is 0. The molecule has 0 unspecified atom stereocenters. The second kappa shape index (κ2) is 33.0. The van der Waals surface area contributed by atoms with Crippen LogP contribution in [0.2, 0.25) is 0 Å². The van der Waals surface area contributed by atoms with Crippen LogP contribution in [0.25, 0.3) is 0 Å². The van der Waals surface area contributed by atoms with Gasteiger partial charge in [-0.15, -0.1) is 24.8 Å². The van der Waals surface area contributed by atoms with Gasteiger partial charge in [-0.3, -0.25) is 0 Å². The second-order valence-corrected chi connectivity index (χ2v) is 0.707. The molecule has 0 heterocycles. The number of hydrogen-bond acceptors (Lipinski definition) is 0. The quantitative estimate of drug-likeness (QED) is 0.456. The summed E-state index contributed by atoms with van der Waals surface area (Å²) in [6.45, 7) is 4.25. The smallest absolute Gasteiger partial charge is 1.00 e. The van der Waals surface area contributed by atoms with Crippen LogP contribution in [-0.2, 0) is 0 Å². The summed E-state index contributed by atoms with van der Waals surface area (Å²) in [7, 11) is 0. The molecular weight excluding hydrogens is 131 g/mol. The van der Waals surface area contributed by atoms with Gasteiger partial charge in [0.2, 0.25) is 0 Å². The predicted octanol–water partition coefficient (Wildman–Crippen LogP) is 2.10. The minimum Gasteiger partial charge on any atom is -1.00 e. The zero-order chi connectivity index (χ0) is 2.71. The van der Waals surface area contributed by atoms with Crippen LogP contribution in [0.15, 0.2) is 0 Å². The maximum absolute atomic E-state index is 2.12. The third-order valence-corrected chi connectivity index (χ3v) is 0. The van der Waals surface area contributed by atoms with Gasteiger partial charge in [-0.25, -0.2) is 0 Å². The van der Waals surface area contributed by atoms with Gasteiger partial charge in [-0.1, -0.05) is 20.3 Å². The van der Waals surface area contributed by atoms with Crippen molar-refractivity contribution in [3.8, 4) is 0 Å². The normalized spacial score (nSPS) is 3.00. The van der Waals surface area contributed by atoms with E-state index in [0.717, 1.165) is 0 Å². The molecule has 40 valence electrons. The zero-order valence-electron chi connectivity index (χ0n) is 6.23. The summed E-state index contributed by atoms with van der Waals surface area (Å²) in [5, 5.41) is 0. The van der Waals surface area contributed by atoms with Gasteiger partial charge in [-0.05, 0) is 0 Å². The molecule has 0 aliphatic rings. The topological polar surface area (TPSA) is 0 Å². The summed E-state index contributed by atoms with van der Waals surface area (Å²) < 4.78 is 0. The van der Waals surface area contributed by atoms with Crippen LogP contribution < -0.4 is 0 Å². The Morgan fingerprint density at radius 2 is 1.17 bits per heavy atom. The standard InChI is InChI=1S/C3H8.2ClH.Mg.2H/c1-3-2;;;;;/h3H2,1-2H3;2*1H;;;/q;;;+2;2*-1. The molecule has 0 fully saturated rings. The first-order chi connectivity index (χ1) is 1.41. The third kappa shape index (κ3) is 55.7. The van der Waals surface area contributed by atoms with Crippen molar-refractivity contribution in [1.29, 1.82) is 0 Å². The Kier molecular flexibility index (Phi) is 145. The molecule has 0 aliphatic heterocycles. The molecule has 0 aromatic carbocycles. The Morgan fingerprint density at radius 1 is 1.17 bits per heavy atom. The summed E-state index contributed by atoms with van der Waals surface area (Å²) in [5.41, 5.74) is 0. The molecule has 0 rings (SSSR count). The van der Waals surface area contributed by atoms with E-state index in [1.807, 2.05) is 0 Å². The molecule has 6 heavy (non-hydrogen) atoms. The van der Waals surface area contributed by atoms with Crippen LogP contribution in [0.4, 0.5) is 0 Å². The van der Waals surface area contributed by atoms with Crippen LogP contribution in [0, 0.1) is 0 Å². The Balaban J connectivity index is -0.00000000200.